The van der Waals surface area contributed by atoms with Gasteiger partial charge in [-0.1, -0.05) is 18.2 Å². The number of para-hydroxylation sites is 1. The number of ether oxygens (including phenoxy) is 2. The highest BCUT2D eigenvalue weighted by atomic mass is 32.1. The Morgan fingerprint density at radius 3 is 2.72 bits per heavy atom. The molecule has 2 heterocycles. The standard InChI is InChI=1S/C22H21NO4S2/c1-26-22(25)19-16-9-5-6-10-17(16)29-21(19)23-20(24)18-11-14(13-28-18)12-27-15-7-3-2-4-8-15/h2-4,7-8,11,13H,5-6,9-10,12H2,1H3,(H,23,24). The number of anilines is 1. The third-order valence-corrected chi connectivity index (χ3v) is 7.00. The Hall–Kier alpha value is -2.64. The van der Waals surface area contributed by atoms with Crippen molar-refractivity contribution in [3.05, 3.63) is 68.2 Å². The number of aryl methyl sites for hydroxylation is 1. The van der Waals surface area contributed by atoms with Crippen molar-refractivity contribution < 1.29 is 19.1 Å². The number of carbonyl (C=O) groups is 2. The van der Waals surface area contributed by atoms with Gasteiger partial charge in [-0.2, -0.15) is 0 Å². The molecule has 150 valence electrons. The molecule has 0 bridgehead atoms. The van der Waals surface area contributed by atoms with Gasteiger partial charge in [0.15, 0.2) is 0 Å². The van der Waals surface area contributed by atoms with Crippen LogP contribution in [0.15, 0.2) is 41.8 Å². The predicted molar refractivity (Wildman–Crippen MR) is 115 cm³/mol. The van der Waals surface area contributed by atoms with Gasteiger partial charge in [0.05, 0.1) is 17.6 Å². The number of methoxy groups -OCH3 is 1. The summed E-state index contributed by atoms with van der Waals surface area (Å²) in [5.41, 5.74) is 2.49. The lowest BCUT2D eigenvalue weighted by atomic mass is 9.95. The zero-order valence-electron chi connectivity index (χ0n) is 16.0. The maximum Gasteiger partial charge on any atom is 0.341 e. The quantitative estimate of drug-likeness (QED) is 0.542. The molecule has 4 rings (SSSR count). The molecule has 3 aromatic rings. The zero-order valence-corrected chi connectivity index (χ0v) is 17.7. The summed E-state index contributed by atoms with van der Waals surface area (Å²) < 4.78 is 10.7. The number of fused-ring (bicyclic) bond motifs is 1. The monoisotopic (exact) mass is 427 g/mol. The van der Waals surface area contributed by atoms with E-state index >= 15 is 0 Å². The fourth-order valence-electron chi connectivity index (χ4n) is 3.39. The highest BCUT2D eigenvalue weighted by molar-refractivity contribution is 7.17. The van der Waals surface area contributed by atoms with Gasteiger partial charge in [0.2, 0.25) is 0 Å². The van der Waals surface area contributed by atoms with E-state index in [0.717, 1.165) is 42.6 Å². The van der Waals surface area contributed by atoms with Crippen molar-refractivity contribution in [2.75, 3.05) is 12.4 Å². The highest BCUT2D eigenvalue weighted by Crippen LogP contribution is 2.39. The Morgan fingerprint density at radius 2 is 1.93 bits per heavy atom. The van der Waals surface area contributed by atoms with Crippen molar-refractivity contribution in [1.82, 2.24) is 0 Å². The third-order valence-electron chi connectivity index (χ3n) is 4.81. The van der Waals surface area contributed by atoms with E-state index in [2.05, 4.69) is 5.32 Å². The number of rotatable bonds is 6. The van der Waals surface area contributed by atoms with Crippen LogP contribution >= 0.6 is 22.7 Å². The Labute approximate surface area is 177 Å². The lowest BCUT2D eigenvalue weighted by Crippen LogP contribution is -2.14. The molecule has 0 spiro atoms. The first-order chi connectivity index (χ1) is 14.2. The molecular formula is C22H21NO4S2. The third kappa shape index (κ3) is 4.36. The van der Waals surface area contributed by atoms with E-state index in [9.17, 15) is 9.59 Å². The molecule has 0 radical (unpaired) electrons. The summed E-state index contributed by atoms with van der Waals surface area (Å²) in [5.74, 6) is 0.184. The van der Waals surface area contributed by atoms with Gasteiger partial charge < -0.3 is 14.8 Å². The van der Waals surface area contributed by atoms with Crippen LogP contribution in [-0.4, -0.2) is 19.0 Å². The topological polar surface area (TPSA) is 64.6 Å². The molecule has 7 heteroatoms. The number of benzene rings is 1. The predicted octanol–water partition coefficient (Wildman–Crippen LogP) is 5.31. The van der Waals surface area contributed by atoms with Gasteiger partial charge in [-0.25, -0.2) is 4.79 Å². The molecule has 0 unspecified atom stereocenters. The molecule has 1 aliphatic rings. The van der Waals surface area contributed by atoms with Gasteiger partial charge >= 0.3 is 5.97 Å². The van der Waals surface area contributed by atoms with Crippen molar-refractivity contribution in [3.8, 4) is 5.75 Å². The summed E-state index contributed by atoms with van der Waals surface area (Å²) in [7, 11) is 1.37. The van der Waals surface area contributed by atoms with Crippen LogP contribution in [0.5, 0.6) is 5.75 Å². The van der Waals surface area contributed by atoms with E-state index in [1.54, 1.807) is 0 Å². The second kappa shape index (κ2) is 8.80. The van der Waals surface area contributed by atoms with Crippen LogP contribution in [-0.2, 0) is 24.2 Å². The average Bonchev–Trinajstić information content (AvgIpc) is 3.37. The summed E-state index contributed by atoms with van der Waals surface area (Å²) in [6, 6.07) is 11.4. The Kier molecular flexibility index (Phi) is 5.97. The summed E-state index contributed by atoms with van der Waals surface area (Å²) in [5, 5.41) is 5.44. The van der Waals surface area contributed by atoms with E-state index < -0.39 is 0 Å². The van der Waals surface area contributed by atoms with Crippen LogP contribution in [0.25, 0.3) is 0 Å². The lowest BCUT2D eigenvalue weighted by molar-refractivity contribution is 0.0601. The van der Waals surface area contributed by atoms with E-state index in [4.69, 9.17) is 9.47 Å². The van der Waals surface area contributed by atoms with Crippen molar-refractivity contribution in [3.63, 3.8) is 0 Å². The lowest BCUT2D eigenvalue weighted by Gasteiger charge is -2.11. The van der Waals surface area contributed by atoms with E-state index in [1.807, 2.05) is 41.8 Å². The molecule has 0 saturated carbocycles. The molecule has 5 nitrogen and oxygen atoms in total. The minimum absolute atomic E-state index is 0.218. The molecule has 29 heavy (non-hydrogen) atoms. The summed E-state index contributed by atoms with van der Waals surface area (Å²) in [6.45, 7) is 0.397. The first kappa shape index (κ1) is 19.7. The zero-order chi connectivity index (χ0) is 20.2. The second-order valence-corrected chi connectivity index (χ2v) is 8.80. The minimum atomic E-state index is -0.386. The van der Waals surface area contributed by atoms with E-state index in [-0.39, 0.29) is 11.9 Å². The first-order valence-electron chi connectivity index (χ1n) is 9.45. The summed E-state index contributed by atoms with van der Waals surface area (Å²) in [4.78, 5) is 26.9. The van der Waals surface area contributed by atoms with Gasteiger partial charge in [-0.05, 0) is 54.8 Å². The molecule has 1 aromatic carbocycles. The van der Waals surface area contributed by atoms with E-state index in [1.165, 1.54) is 34.7 Å². The number of hydrogen-bond donors (Lipinski definition) is 1. The van der Waals surface area contributed by atoms with Crippen LogP contribution in [0.2, 0.25) is 0 Å². The van der Waals surface area contributed by atoms with Gasteiger partial charge in [-0.15, -0.1) is 22.7 Å². The van der Waals surface area contributed by atoms with Gasteiger partial charge in [0.25, 0.3) is 5.91 Å². The Morgan fingerprint density at radius 1 is 1.14 bits per heavy atom. The fraction of sp³-hybridized carbons (Fsp3) is 0.273. The van der Waals surface area contributed by atoms with Crippen molar-refractivity contribution in [1.29, 1.82) is 0 Å². The molecule has 0 aliphatic heterocycles. The fourth-order valence-corrected chi connectivity index (χ4v) is 5.45. The Balaban J connectivity index is 1.48. The molecule has 1 aliphatic carbocycles. The van der Waals surface area contributed by atoms with Gasteiger partial charge in [0, 0.05) is 10.4 Å². The number of carbonyl (C=O) groups excluding carboxylic acids is 2. The number of esters is 1. The summed E-state index contributed by atoms with van der Waals surface area (Å²) in [6.07, 6.45) is 3.96. The van der Waals surface area contributed by atoms with Crippen LogP contribution in [0.4, 0.5) is 5.00 Å². The van der Waals surface area contributed by atoms with Gasteiger partial charge in [-0.3, -0.25) is 4.79 Å². The minimum Gasteiger partial charge on any atom is -0.489 e. The molecule has 1 amide bonds. The van der Waals surface area contributed by atoms with Gasteiger partial charge in [0.1, 0.15) is 17.4 Å². The molecule has 0 atom stereocenters. The van der Waals surface area contributed by atoms with Crippen LogP contribution < -0.4 is 10.1 Å². The van der Waals surface area contributed by atoms with Crippen LogP contribution in [0, 0.1) is 0 Å². The van der Waals surface area contributed by atoms with Crippen molar-refractivity contribution in [2.45, 2.75) is 32.3 Å². The van der Waals surface area contributed by atoms with Crippen molar-refractivity contribution >= 4 is 39.6 Å². The number of nitrogens with one attached hydrogen (secondary N) is 1. The average molecular weight is 428 g/mol. The van der Waals surface area contributed by atoms with Crippen LogP contribution in [0.3, 0.4) is 0 Å². The summed E-state index contributed by atoms with van der Waals surface area (Å²) >= 11 is 2.85. The maximum absolute atomic E-state index is 12.8. The van der Waals surface area contributed by atoms with Crippen LogP contribution in [0.1, 0.15) is 48.9 Å². The first-order valence-corrected chi connectivity index (χ1v) is 11.1. The van der Waals surface area contributed by atoms with Crippen molar-refractivity contribution in [2.24, 2.45) is 0 Å². The Bertz CT molecular complexity index is 1020. The SMILES string of the molecule is COC(=O)c1c(NC(=O)c2cc(COc3ccccc3)cs2)sc2c1CCCC2. The second-order valence-electron chi connectivity index (χ2n) is 6.78. The number of thiophene rings is 2. The highest BCUT2D eigenvalue weighted by Gasteiger charge is 2.27. The maximum atomic E-state index is 12.8. The molecule has 0 saturated heterocycles. The molecule has 2 aromatic heterocycles. The number of hydrogen-bond acceptors (Lipinski definition) is 6. The number of amides is 1. The smallest absolute Gasteiger partial charge is 0.341 e. The normalized spacial score (nSPS) is 12.9. The largest absolute Gasteiger partial charge is 0.489 e. The molecule has 0 fully saturated rings. The molecule has 1 N–H and O–H groups in total. The van der Waals surface area contributed by atoms with E-state index in [0.29, 0.717) is 22.0 Å². The molecular weight excluding hydrogens is 406 g/mol.